The molecule has 1 atom stereocenters. The molecule has 0 saturated carbocycles. The third-order valence-electron chi connectivity index (χ3n) is 2.46. The summed E-state index contributed by atoms with van der Waals surface area (Å²) in [4.78, 5) is 22.5. The Morgan fingerprint density at radius 2 is 2.25 bits per heavy atom. The SMILES string of the molecule is CCC(C)(NC(=O)Cn1cccn1)C(=O)O. The van der Waals surface area contributed by atoms with Crippen molar-refractivity contribution in [3.63, 3.8) is 0 Å². The minimum atomic E-state index is -1.22. The second kappa shape index (κ2) is 4.78. The maximum Gasteiger partial charge on any atom is 0.329 e. The van der Waals surface area contributed by atoms with E-state index in [-0.39, 0.29) is 12.5 Å². The molecule has 16 heavy (non-hydrogen) atoms. The molecule has 0 aliphatic carbocycles. The Morgan fingerprint density at radius 3 is 2.69 bits per heavy atom. The molecule has 1 unspecified atom stereocenters. The number of hydrogen-bond donors (Lipinski definition) is 2. The molecule has 0 radical (unpaired) electrons. The first-order valence-corrected chi connectivity index (χ1v) is 5.00. The standard InChI is InChI=1S/C10H15N3O3/c1-3-10(2,9(15)16)12-8(14)7-13-6-4-5-11-13/h4-6H,3,7H2,1-2H3,(H,12,14)(H,15,16). The Morgan fingerprint density at radius 1 is 1.56 bits per heavy atom. The highest BCUT2D eigenvalue weighted by molar-refractivity contribution is 5.86. The second-order valence-electron chi connectivity index (χ2n) is 3.74. The van der Waals surface area contributed by atoms with Crippen LogP contribution in [0.15, 0.2) is 18.5 Å². The Bertz CT molecular complexity index is 375. The van der Waals surface area contributed by atoms with Gasteiger partial charge in [-0.25, -0.2) is 4.79 Å². The summed E-state index contributed by atoms with van der Waals surface area (Å²) >= 11 is 0. The topological polar surface area (TPSA) is 84.2 Å². The zero-order valence-corrected chi connectivity index (χ0v) is 9.30. The van der Waals surface area contributed by atoms with Gasteiger partial charge in [0.1, 0.15) is 12.1 Å². The van der Waals surface area contributed by atoms with Gasteiger partial charge in [-0.05, 0) is 19.4 Å². The predicted octanol–water partition coefficient (Wildman–Crippen LogP) is 0.253. The summed E-state index contributed by atoms with van der Waals surface area (Å²) in [6, 6.07) is 1.70. The molecule has 0 aliphatic heterocycles. The van der Waals surface area contributed by atoms with Crippen molar-refractivity contribution in [2.24, 2.45) is 0 Å². The molecule has 6 heteroatoms. The molecule has 1 amide bonds. The number of carbonyl (C=O) groups excluding carboxylic acids is 1. The molecule has 0 bridgehead atoms. The van der Waals surface area contributed by atoms with Crippen LogP contribution in [0.2, 0.25) is 0 Å². The van der Waals surface area contributed by atoms with Crippen LogP contribution in [0, 0.1) is 0 Å². The van der Waals surface area contributed by atoms with E-state index in [0.717, 1.165) is 0 Å². The van der Waals surface area contributed by atoms with E-state index in [1.54, 1.807) is 25.4 Å². The van der Waals surface area contributed by atoms with Crippen LogP contribution in [0.25, 0.3) is 0 Å². The number of aliphatic carboxylic acids is 1. The summed E-state index contributed by atoms with van der Waals surface area (Å²) in [5.74, 6) is -1.40. The predicted molar refractivity (Wildman–Crippen MR) is 56.7 cm³/mol. The van der Waals surface area contributed by atoms with Crippen molar-refractivity contribution in [2.75, 3.05) is 0 Å². The smallest absolute Gasteiger partial charge is 0.329 e. The number of nitrogens with zero attached hydrogens (tertiary/aromatic N) is 2. The zero-order chi connectivity index (χ0) is 12.2. The van der Waals surface area contributed by atoms with Gasteiger partial charge < -0.3 is 10.4 Å². The van der Waals surface area contributed by atoms with Crippen LogP contribution in [0.3, 0.4) is 0 Å². The van der Waals surface area contributed by atoms with E-state index in [1.165, 1.54) is 11.6 Å². The fourth-order valence-electron chi connectivity index (χ4n) is 1.18. The quantitative estimate of drug-likeness (QED) is 0.752. The van der Waals surface area contributed by atoms with Crippen LogP contribution in [-0.4, -0.2) is 32.3 Å². The van der Waals surface area contributed by atoms with Gasteiger partial charge in [0.15, 0.2) is 0 Å². The minimum absolute atomic E-state index is 0.0237. The fourth-order valence-corrected chi connectivity index (χ4v) is 1.18. The Balaban J connectivity index is 2.60. The van der Waals surface area contributed by atoms with Crippen LogP contribution in [-0.2, 0) is 16.1 Å². The van der Waals surface area contributed by atoms with Crippen LogP contribution >= 0.6 is 0 Å². The van der Waals surface area contributed by atoms with E-state index in [1.807, 2.05) is 0 Å². The van der Waals surface area contributed by atoms with Crippen LogP contribution < -0.4 is 5.32 Å². The lowest BCUT2D eigenvalue weighted by atomic mass is 9.99. The number of carboxylic acid groups (broad SMARTS) is 1. The number of rotatable bonds is 5. The molecule has 0 saturated heterocycles. The molecular weight excluding hydrogens is 210 g/mol. The number of hydrogen-bond acceptors (Lipinski definition) is 3. The summed E-state index contributed by atoms with van der Waals surface area (Å²) in [5, 5.41) is 15.3. The van der Waals surface area contributed by atoms with Gasteiger partial charge >= 0.3 is 5.97 Å². The lowest BCUT2D eigenvalue weighted by molar-refractivity contribution is -0.147. The number of carbonyl (C=O) groups is 2. The first-order valence-electron chi connectivity index (χ1n) is 5.00. The maximum atomic E-state index is 11.6. The average molecular weight is 225 g/mol. The van der Waals surface area contributed by atoms with Gasteiger partial charge in [0.25, 0.3) is 0 Å². The zero-order valence-electron chi connectivity index (χ0n) is 9.30. The van der Waals surface area contributed by atoms with Crippen molar-refractivity contribution in [1.82, 2.24) is 15.1 Å². The molecule has 0 fully saturated rings. The van der Waals surface area contributed by atoms with Gasteiger partial charge in [-0.15, -0.1) is 0 Å². The van der Waals surface area contributed by atoms with Gasteiger partial charge in [0.05, 0.1) is 0 Å². The van der Waals surface area contributed by atoms with E-state index >= 15 is 0 Å². The number of nitrogens with one attached hydrogen (secondary N) is 1. The highest BCUT2D eigenvalue weighted by Gasteiger charge is 2.32. The molecule has 1 rings (SSSR count). The van der Waals surface area contributed by atoms with Crippen LogP contribution in [0.1, 0.15) is 20.3 Å². The highest BCUT2D eigenvalue weighted by atomic mass is 16.4. The summed E-state index contributed by atoms with van der Waals surface area (Å²) in [7, 11) is 0. The van der Waals surface area contributed by atoms with Gasteiger partial charge in [0.2, 0.25) is 5.91 Å². The lowest BCUT2D eigenvalue weighted by Gasteiger charge is -2.24. The molecule has 2 N–H and O–H groups in total. The first-order chi connectivity index (χ1) is 7.48. The summed E-state index contributed by atoms with van der Waals surface area (Å²) in [6.07, 6.45) is 3.53. The molecule has 1 aromatic heterocycles. The van der Waals surface area contributed by atoms with Gasteiger partial charge in [-0.1, -0.05) is 6.92 Å². The molecule has 1 aromatic rings. The third kappa shape index (κ3) is 2.82. The molecule has 0 aromatic carbocycles. The molecule has 6 nitrogen and oxygen atoms in total. The van der Waals surface area contributed by atoms with Crippen molar-refractivity contribution in [3.8, 4) is 0 Å². The van der Waals surface area contributed by atoms with E-state index in [2.05, 4.69) is 10.4 Å². The molecule has 1 heterocycles. The van der Waals surface area contributed by atoms with Crippen LogP contribution in [0.5, 0.6) is 0 Å². The van der Waals surface area contributed by atoms with Gasteiger partial charge in [-0.2, -0.15) is 5.10 Å². The first kappa shape index (κ1) is 12.2. The average Bonchev–Trinajstić information content (AvgIpc) is 2.69. The second-order valence-corrected chi connectivity index (χ2v) is 3.74. The number of amides is 1. The van der Waals surface area contributed by atoms with Crippen molar-refractivity contribution >= 4 is 11.9 Å². The molecule has 0 aliphatic rings. The van der Waals surface area contributed by atoms with E-state index < -0.39 is 11.5 Å². The van der Waals surface area contributed by atoms with Crippen molar-refractivity contribution in [2.45, 2.75) is 32.4 Å². The van der Waals surface area contributed by atoms with E-state index in [0.29, 0.717) is 6.42 Å². The maximum absolute atomic E-state index is 11.6. The van der Waals surface area contributed by atoms with Crippen molar-refractivity contribution < 1.29 is 14.7 Å². The molecule has 0 spiro atoms. The molecular formula is C10H15N3O3. The summed E-state index contributed by atoms with van der Waals surface area (Å²) in [5.41, 5.74) is -1.22. The van der Waals surface area contributed by atoms with E-state index in [9.17, 15) is 9.59 Å². The summed E-state index contributed by atoms with van der Waals surface area (Å²) in [6.45, 7) is 3.22. The monoisotopic (exact) mass is 225 g/mol. The Hall–Kier alpha value is -1.85. The van der Waals surface area contributed by atoms with Crippen molar-refractivity contribution in [3.05, 3.63) is 18.5 Å². The summed E-state index contributed by atoms with van der Waals surface area (Å²) < 4.78 is 1.44. The highest BCUT2D eigenvalue weighted by Crippen LogP contribution is 2.08. The number of aromatic nitrogens is 2. The van der Waals surface area contributed by atoms with Crippen molar-refractivity contribution in [1.29, 1.82) is 0 Å². The Labute approximate surface area is 93.3 Å². The lowest BCUT2D eigenvalue weighted by Crippen LogP contribution is -2.52. The normalized spacial score (nSPS) is 14.1. The van der Waals surface area contributed by atoms with Gasteiger partial charge in [0, 0.05) is 12.4 Å². The van der Waals surface area contributed by atoms with E-state index in [4.69, 9.17) is 5.11 Å². The van der Waals surface area contributed by atoms with Crippen LogP contribution in [0.4, 0.5) is 0 Å². The fraction of sp³-hybridized carbons (Fsp3) is 0.500. The largest absolute Gasteiger partial charge is 0.480 e. The third-order valence-corrected chi connectivity index (χ3v) is 2.46. The van der Waals surface area contributed by atoms with Gasteiger partial charge in [-0.3, -0.25) is 9.48 Å². The minimum Gasteiger partial charge on any atom is -0.480 e. The molecule has 88 valence electrons. The number of carboxylic acids is 1. The Kier molecular flexibility index (Phi) is 3.65.